The van der Waals surface area contributed by atoms with E-state index in [-0.39, 0.29) is 29.5 Å². The van der Waals surface area contributed by atoms with Gasteiger partial charge in [0.25, 0.3) is 0 Å². The fourth-order valence-corrected chi connectivity index (χ4v) is 4.00. The standard InChI is InChI=1S/C19H28O.C5H5.C3H6.Ti/c1-15(18(2,3)4)13-16(19(5,6)7)14-20-17-11-9-8-10-12-17;1-2-4-5-3-1;1-3-2;/h8-14H,1-7H3;1-3H,4H2;1-2H3;. The van der Waals surface area contributed by atoms with Crippen LogP contribution in [0.1, 0.15) is 68.7 Å². The Morgan fingerprint density at radius 2 is 1.55 bits per heavy atom. The molecule has 0 saturated heterocycles. The van der Waals surface area contributed by atoms with Crippen LogP contribution in [0.15, 0.2) is 75.9 Å². The van der Waals surface area contributed by atoms with E-state index in [1.807, 2.05) is 36.6 Å². The maximum absolute atomic E-state index is 5.80. The second-order valence-electron chi connectivity index (χ2n) is 9.78. The van der Waals surface area contributed by atoms with Gasteiger partial charge >= 0.3 is 64.9 Å². The molecule has 0 atom stereocenters. The summed E-state index contributed by atoms with van der Waals surface area (Å²) in [6.07, 6.45) is 12.0. The van der Waals surface area contributed by atoms with E-state index in [1.165, 1.54) is 17.6 Å². The van der Waals surface area contributed by atoms with Crippen molar-refractivity contribution in [2.75, 3.05) is 0 Å². The molecular formula is C27H39OTi. The van der Waals surface area contributed by atoms with Gasteiger partial charge in [-0.05, 0) is 35.5 Å². The number of allylic oxidation sites excluding steroid dienone is 7. The molecule has 1 aliphatic rings. The van der Waals surface area contributed by atoms with Crippen molar-refractivity contribution in [3.8, 4) is 5.75 Å². The molecule has 2 rings (SSSR count). The Balaban J connectivity index is 0.000000387. The first kappa shape index (κ1) is 25.6. The summed E-state index contributed by atoms with van der Waals surface area (Å²) in [5.41, 5.74) is 2.79. The van der Waals surface area contributed by atoms with Crippen molar-refractivity contribution in [2.24, 2.45) is 10.8 Å². The fourth-order valence-electron chi connectivity index (χ4n) is 2.37. The van der Waals surface area contributed by atoms with E-state index >= 15 is 0 Å². The molecule has 1 aromatic rings. The van der Waals surface area contributed by atoms with Crippen molar-refractivity contribution in [3.63, 3.8) is 0 Å². The summed E-state index contributed by atoms with van der Waals surface area (Å²) >= 11 is 0.153. The zero-order valence-corrected chi connectivity index (χ0v) is 21.5. The van der Waals surface area contributed by atoms with Gasteiger partial charge in [-0.3, -0.25) is 0 Å². The molecule has 1 aromatic carbocycles. The molecule has 0 saturated carbocycles. The van der Waals surface area contributed by atoms with Crippen LogP contribution in [0.4, 0.5) is 0 Å². The molecule has 29 heavy (non-hydrogen) atoms. The van der Waals surface area contributed by atoms with E-state index in [2.05, 4.69) is 86.6 Å². The Bertz CT molecular complexity index is 787. The molecule has 0 fully saturated rings. The number of rotatable bonds is 4. The number of benzene rings is 1. The number of hydrogen-bond acceptors (Lipinski definition) is 1. The third-order valence-electron chi connectivity index (χ3n) is 4.67. The van der Waals surface area contributed by atoms with Crippen LogP contribution in [0.3, 0.4) is 0 Å². The first-order valence-electron chi connectivity index (χ1n) is 10.4. The van der Waals surface area contributed by atoms with Gasteiger partial charge < -0.3 is 4.74 Å². The van der Waals surface area contributed by atoms with Crippen LogP contribution >= 0.6 is 0 Å². The molecule has 0 aliphatic heterocycles. The van der Waals surface area contributed by atoms with Crippen LogP contribution in [0, 0.1) is 10.8 Å². The Labute approximate surface area is 188 Å². The van der Waals surface area contributed by atoms with Gasteiger partial charge in [0.05, 0.1) is 6.26 Å². The molecule has 0 radical (unpaired) electrons. The molecule has 0 aromatic heterocycles. The van der Waals surface area contributed by atoms with Crippen molar-refractivity contribution in [2.45, 2.75) is 68.7 Å². The topological polar surface area (TPSA) is 9.23 Å². The molecule has 0 amide bonds. The molecular weight excluding hydrogens is 388 g/mol. The maximum atomic E-state index is 5.80. The Kier molecular flexibility index (Phi) is 10.3. The van der Waals surface area contributed by atoms with Gasteiger partial charge in [-0.15, -0.1) is 0 Å². The Morgan fingerprint density at radius 3 is 2.00 bits per heavy atom. The molecule has 157 valence electrons. The Morgan fingerprint density at radius 1 is 0.931 bits per heavy atom. The summed E-state index contributed by atoms with van der Waals surface area (Å²) < 4.78 is 9.11. The van der Waals surface area contributed by atoms with Gasteiger partial charge in [0.2, 0.25) is 0 Å². The van der Waals surface area contributed by atoms with Gasteiger partial charge in [-0.2, -0.15) is 0 Å². The van der Waals surface area contributed by atoms with Crippen LogP contribution in [0.2, 0.25) is 0 Å². The van der Waals surface area contributed by atoms with Crippen LogP contribution in [0.5, 0.6) is 5.75 Å². The average molecular weight is 427 g/mol. The average Bonchev–Trinajstić information content (AvgIpc) is 3.10. The number of hydrogen-bond donors (Lipinski definition) is 0. The van der Waals surface area contributed by atoms with Crippen LogP contribution in [-0.4, -0.2) is 3.81 Å². The predicted molar refractivity (Wildman–Crippen MR) is 126 cm³/mol. The summed E-state index contributed by atoms with van der Waals surface area (Å²) in [5.74, 6) is 0.871. The molecule has 1 aliphatic carbocycles. The molecule has 2 heteroatoms. The molecule has 0 bridgehead atoms. The summed E-state index contributed by atoms with van der Waals surface area (Å²) in [4.78, 5) is 0. The predicted octanol–water partition coefficient (Wildman–Crippen LogP) is 8.11. The first-order chi connectivity index (χ1) is 13.4. The van der Waals surface area contributed by atoms with Crippen LogP contribution < -0.4 is 4.74 Å². The summed E-state index contributed by atoms with van der Waals surface area (Å²) in [6.45, 7) is 20.0. The summed E-state index contributed by atoms with van der Waals surface area (Å²) in [5, 5.41) is 0. The van der Waals surface area contributed by atoms with Crippen molar-refractivity contribution in [1.82, 2.24) is 0 Å². The third kappa shape index (κ3) is 10.8. The zero-order valence-electron chi connectivity index (χ0n) is 19.9. The number of ether oxygens (including phenoxy) is 1. The van der Waals surface area contributed by atoms with Gasteiger partial charge in [0, 0.05) is 0 Å². The van der Waals surface area contributed by atoms with E-state index < -0.39 is 0 Å². The summed E-state index contributed by atoms with van der Waals surface area (Å²) in [7, 11) is 0. The Hall–Kier alpha value is -1.44. The second kappa shape index (κ2) is 11.7. The van der Waals surface area contributed by atoms with Gasteiger partial charge in [0.15, 0.2) is 0 Å². The van der Waals surface area contributed by atoms with E-state index in [0.717, 1.165) is 5.75 Å². The molecule has 0 N–H and O–H groups in total. The van der Waals surface area contributed by atoms with Crippen molar-refractivity contribution in [3.05, 3.63) is 75.9 Å². The van der Waals surface area contributed by atoms with E-state index in [0.29, 0.717) is 0 Å². The monoisotopic (exact) mass is 427 g/mol. The van der Waals surface area contributed by atoms with E-state index in [9.17, 15) is 0 Å². The van der Waals surface area contributed by atoms with Gasteiger partial charge in [-0.1, -0.05) is 71.4 Å². The van der Waals surface area contributed by atoms with Gasteiger partial charge in [-0.25, -0.2) is 0 Å². The van der Waals surface area contributed by atoms with Gasteiger partial charge in [0.1, 0.15) is 5.75 Å². The second-order valence-corrected chi connectivity index (χ2v) is 12.7. The molecule has 1 nitrogen and oxygen atoms in total. The quantitative estimate of drug-likeness (QED) is 0.268. The third-order valence-corrected chi connectivity index (χ3v) is 6.53. The van der Waals surface area contributed by atoms with Crippen molar-refractivity contribution in [1.29, 1.82) is 0 Å². The first-order valence-corrected chi connectivity index (χ1v) is 12.0. The van der Waals surface area contributed by atoms with E-state index in [1.54, 1.807) is 7.69 Å². The normalized spacial score (nSPS) is 14.6. The minimum absolute atomic E-state index is 0.0568. The fraction of sp³-hybridized carbons (Fsp3) is 0.444. The SMILES string of the molecule is CC(=CC(=COc1ccccc1)C(C)(C)C)C(C)(C)C.C[C](C)=[Ti][C]1=CC=CC1. The minimum atomic E-state index is 0.0568. The number of para-hydroxylation sites is 1. The molecule has 0 heterocycles. The van der Waals surface area contributed by atoms with Crippen LogP contribution in [-0.2, 0) is 18.7 Å². The molecule has 0 unspecified atom stereocenters. The molecule has 0 spiro atoms. The van der Waals surface area contributed by atoms with E-state index in [4.69, 9.17) is 4.74 Å². The zero-order chi connectivity index (χ0) is 22.1. The summed E-state index contributed by atoms with van der Waals surface area (Å²) in [6, 6.07) is 9.89. The van der Waals surface area contributed by atoms with Crippen molar-refractivity contribution >= 4 is 3.81 Å². The van der Waals surface area contributed by atoms with Crippen molar-refractivity contribution < 1.29 is 23.4 Å². The van der Waals surface area contributed by atoms with Crippen LogP contribution in [0.25, 0.3) is 0 Å².